The van der Waals surface area contributed by atoms with Gasteiger partial charge in [0.25, 0.3) is 0 Å². The number of hydrogen-bond donors (Lipinski definition) is 1. The summed E-state index contributed by atoms with van der Waals surface area (Å²) < 4.78 is 11.0. The van der Waals surface area contributed by atoms with E-state index in [-0.39, 0.29) is 37.1 Å². The fourth-order valence-electron chi connectivity index (χ4n) is 5.58. The highest BCUT2D eigenvalue weighted by atomic mass is 16.6. The number of benzene rings is 1. The van der Waals surface area contributed by atoms with Gasteiger partial charge in [-0.1, -0.05) is 68.9 Å². The zero-order valence-electron chi connectivity index (χ0n) is 23.0. The first kappa shape index (κ1) is 29.0. The Morgan fingerprint density at radius 1 is 0.946 bits per heavy atom. The van der Waals surface area contributed by atoms with Crippen molar-refractivity contribution in [1.82, 2.24) is 10.2 Å². The van der Waals surface area contributed by atoms with Crippen molar-refractivity contribution in [2.75, 3.05) is 6.54 Å². The van der Waals surface area contributed by atoms with Gasteiger partial charge in [0, 0.05) is 18.5 Å². The maximum atomic E-state index is 13.5. The number of ether oxygens (including phenoxy) is 2. The molecule has 0 unspecified atom stereocenters. The summed E-state index contributed by atoms with van der Waals surface area (Å²) in [5.74, 6) is -0.0677. The molecular formula is C30H46N2O5. The smallest absolute Gasteiger partial charge is 0.407 e. The summed E-state index contributed by atoms with van der Waals surface area (Å²) in [6, 6.07) is 9.53. The first-order chi connectivity index (χ1) is 17.7. The van der Waals surface area contributed by atoms with Crippen LogP contribution in [-0.4, -0.2) is 47.1 Å². The SMILES string of the molecule is CC(C)(C)OC(=O)N[C@@H](CCC(=O)N(CC(=O)OCc1ccccc1)C1CCCCC1)C1CCCCC1. The standard InChI is InChI=1S/C30H46N2O5/c1-30(2,3)37-29(35)31-26(24-15-9-5-10-16-24)19-20-27(33)32(25-17-11-6-12-18-25)21-28(34)36-22-23-13-7-4-8-14-23/h4,7-8,13-14,24-26H,5-6,9-12,15-22H2,1-3H3,(H,31,35)/t26-/m0/s1. The topological polar surface area (TPSA) is 84.9 Å². The Bertz CT molecular complexity index is 854. The predicted octanol–water partition coefficient (Wildman–Crippen LogP) is 6.14. The Labute approximate surface area is 222 Å². The van der Waals surface area contributed by atoms with Crippen LogP contribution in [0.3, 0.4) is 0 Å². The Kier molecular flexibility index (Phi) is 11.3. The molecule has 0 heterocycles. The molecule has 0 aliphatic heterocycles. The number of nitrogens with zero attached hydrogens (tertiary/aromatic N) is 1. The van der Waals surface area contributed by atoms with Gasteiger partial charge in [-0.05, 0) is 64.4 Å². The van der Waals surface area contributed by atoms with Gasteiger partial charge in [0.2, 0.25) is 5.91 Å². The molecule has 7 heteroatoms. The third kappa shape index (κ3) is 10.4. The van der Waals surface area contributed by atoms with Gasteiger partial charge in [-0.25, -0.2) is 4.79 Å². The number of hydrogen-bond acceptors (Lipinski definition) is 5. The second-order valence-electron chi connectivity index (χ2n) is 11.6. The van der Waals surface area contributed by atoms with Crippen LogP contribution >= 0.6 is 0 Å². The van der Waals surface area contributed by atoms with Gasteiger partial charge in [0.15, 0.2) is 0 Å². The molecule has 3 rings (SSSR count). The Balaban J connectivity index is 1.62. The van der Waals surface area contributed by atoms with Crippen LogP contribution in [0.15, 0.2) is 30.3 Å². The normalized spacial score (nSPS) is 18.0. The first-order valence-electron chi connectivity index (χ1n) is 14.2. The van der Waals surface area contributed by atoms with E-state index in [1.807, 2.05) is 51.1 Å². The summed E-state index contributed by atoms with van der Waals surface area (Å²) >= 11 is 0. The van der Waals surface area contributed by atoms with E-state index in [0.717, 1.165) is 56.9 Å². The molecule has 0 aromatic heterocycles. The highest BCUT2D eigenvalue weighted by Crippen LogP contribution is 2.29. The molecule has 37 heavy (non-hydrogen) atoms. The lowest BCUT2D eigenvalue weighted by Gasteiger charge is -2.35. The zero-order valence-corrected chi connectivity index (χ0v) is 23.0. The van der Waals surface area contributed by atoms with Crippen molar-refractivity contribution in [2.24, 2.45) is 5.92 Å². The van der Waals surface area contributed by atoms with E-state index in [1.165, 1.54) is 12.8 Å². The third-order valence-electron chi connectivity index (χ3n) is 7.47. The van der Waals surface area contributed by atoms with Gasteiger partial charge >= 0.3 is 12.1 Å². The van der Waals surface area contributed by atoms with Gasteiger partial charge in [-0.2, -0.15) is 0 Å². The molecule has 0 spiro atoms. The van der Waals surface area contributed by atoms with Gasteiger partial charge in [0.1, 0.15) is 18.8 Å². The number of carbonyl (C=O) groups excluding carboxylic acids is 3. The van der Waals surface area contributed by atoms with Crippen molar-refractivity contribution in [3.8, 4) is 0 Å². The zero-order chi connectivity index (χ0) is 26.7. The molecule has 206 valence electrons. The van der Waals surface area contributed by atoms with Crippen LogP contribution in [0.5, 0.6) is 0 Å². The van der Waals surface area contributed by atoms with Crippen LogP contribution in [-0.2, 0) is 25.7 Å². The number of rotatable bonds is 10. The molecule has 7 nitrogen and oxygen atoms in total. The number of nitrogens with one attached hydrogen (secondary N) is 1. The van der Waals surface area contributed by atoms with Crippen molar-refractivity contribution in [3.05, 3.63) is 35.9 Å². The number of alkyl carbamates (subject to hydrolysis) is 1. The molecular weight excluding hydrogens is 468 g/mol. The lowest BCUT2D eigenvalue weighted by molar-refractivity contribution is -0.152. The second kappa shape index (κ2) is 14.4. The minimum atomic E-state index is -0.574. The molecule has 2 amide bonds. The highest BCUT2D eigenvalue weighted by Gasteiger charge is 2.31. The molecule has 2 aliphatic carbocycles. The average Bonchev–Trinajstić information content (AvgIpc) is 2.89. The van der Waals surface area contributed by atoms with Gasteiger partial charge in [-0.3, -0.25) is 9.59 Å². The predicted molar refractivity (Wildman–Crippen MR) is 144 cm³/mol. The van der Waals surface area contributed by atoms with Crippen molar-refractivity contribution >= 4 is 18.0 Å². The van der Waals surface area contributed by atoms with E-state index in [1.54, 1.807) is 4.90 Å². The van der Waals surface area contributed by atoms with Crippen molar-refractivity contribution in [1.29, 1.82) is 0 Å². The quantitative estimate of drug-likeness (QED) is 0.379. The number of amides is 2. The van der Waals surface area contributed by atoms with Crippen molar-refractivity contribution in [2.45, 2.75) is 122 Å². The van der Waals surface area contributed by atoms with Crippen LogP contribution in [0.1, 0.15) is 103 Å². The molecule has 0 radical (unpaired) electrons. The van der Waals surface area contributed by atoms with Crippen molar-refractivity contribution < 1.29 is 23.9 Å². The monoisotopic (exact) mass is 514 g/mol. The summed E-state index contributed by atoms with van der Waals surface area (Å²) in [7, 11) is 0. The summed E-state index contributed by atoms with van der Waals surface area (Å²) in [6.45, 7) is 5.74. The van der Waals surface area contributed by atoms with Gasteiger partial charge in [-0.15, -0.1) is 0 Å². The number of carbonyl (C=O) groups is 3. The summed E-state index contributed by atoms with van der Waals surface area (Å²) in [4.78, 5) is 40.6. The summed E-state index contributed by atoms with van der Waals surface area (Å²) in [5, 5.41) is 3.07. The average molecular weight is 515 g/mol. The lowest BCUT2D eigenvalue weighted by atomic mass is 9.82. The molecule has 1 aromatic carbocycles. The summed E-state index contributed by atoms with van der Waals surface area (Å²) in [6.07, 6.45) is 11.2. The third-order valence-corrected chi connectivity index (χ3v) is 7.47. The highest BCUT2D eigenvalue weighted by molar-refractivity contribution is 5.82. The van der Waals surface area contributed by atoms with Crippen LogP contribution in [0.25, 0.3) is 0 Å². The van der Waals surface area contributed by atoms with E-state index in [9.17, 15) is 14.4 Å². The fourth-order valence-corrected chi connectivity index (χ4v) is 5.58. The molecule has 2 fully saturated rings. The fraction of sp³-hybridized carbons (Fsp3) is 0.700. The minimum Gasteiger partial charge on any atom is -0.459 e. The minimum absolute atomic E-state index is 0.0239. The molecule has 2 saturated carbocycles. The van der Waals surface area contributed by atoms with E-state index in [4.69, 9.17) is 9.47 Å². The Morgan fingerprint density at radius 2 is 1.57 bits per heavy atom. The maximum absolute atomic E-state index is 13.5. The maximum Gasteiger partial charge on any atom is 0.407 e. The molecule has 0 saturated heterocycles. The van der Waals surface area contributed by atoms with E-state index in [2.05, 4.69) is 5.32 Å². The number of esters is 1. The van der Waals surface area contributed by atoms with Crippen LogP contribution in [0, 0.1) is 5.92 Å². The van der Waals surface area contributed by atoms with Crippen LogP contribution in [0.2, 0.25) is 0 Å². The molecule has 2 aliphatic rings. The first-order valence-corrected chi connectivity index (χ1v) is 14.2. The molecule has 1 atom stereocenters. The van der Waals surface area contributed by atoms with E-state index in [0.29, 0.717) is 18.8 Å². The van der Waals surface area contributed by atoms with Crippen LogP contribution in [0.4, 0.5) is 4.79 Å². The Hall–Kier alpha value is -2.57. The Morgan fingerprint density at radius 3 is 2.19 bits per heavy atom. The molecule has 1 N–H and O–H groups in total. The van der Waals surface area contributed by atoms with Gasteiger partial charge in [0.05, 0.1) is 0 Å². The second-order valence-corrected chi connectivity index (χ2v) is 11.6. The molecule has 0 bridgehead atoms. The van der Waals surface area contributed by atoms with Crippen LogP contribution < -0.4 is 5.32 Å². The van der Waals surface area contributed by atoms with E-state index < -0.39 is 11.7 Å². The lowest BCUT2D eigenvalue weighted by Crippen LogP contribution is -2.47. The summed E-state index contributed by atoms with van der Waals surface area (Å²) in [5.41, 5.74) is 0.351. The van der Waals surface area contributed by atoms with Gasteiger partial charge < -0.3 is 19.7 Å². The van der Waals surface area contributed by atoms with E-state index >= 15 is 0 Å². The van der Waals surface area contributed by atoms with Crippen molar-refractivity contribution in [3.63, 3.8) is 0 Å². The largest absolute Gasteiger partial charge is 0.459 e. The molecule has 1 aromatic rings.